The first-order valence-corrected chi connectivity index (χ1v) is 6.89. The van der Waals surface area contributed by atoms with E-state index >= 15 is 0 Å². The summed E-state index contributed by atoms with van der Waals surface area (Å²) in [7, 11) is 0. The minimum absolute atomic E-state index is 0.0236. The molecule has 1 aromatic carbocycles. The van der Waals surface area contributed by atoms with Crippen molar-refractivity contribution in [2.45, 2.75) is 13.8 Å². The van der Waals surface area contributed by atoms with Gasteiger partial charge in [-0.3, -0.25) is 10.1 Å². The van der Waals surface area contributed by atoms with Crippen molar-refractivity contribution in [1.82, 2.24) is 4.90 Å². The van der Waals surface area contributed by atoms with Crippen LogP contribution >= 0.6 is 34.8 Å². The summed E-state index contributed by atoms with van der Waals surface area (Å²) in [4.78, 5) is 12.2. The molecular formula is C11H13IN2O3S. The van der Waals surface area contributed by atoms with Crippen LogP contribution in [0.1, 0.15) is 13.8 Å². The van der Waals surface area contributed by atoms with Gasteiger partial charge in [0.2, 0.25) is 0 Å². The number of rotatable bonds is 4. The lowest BCUT2D eigenvalue weighted by Gasteiger charge is -2.20. The Morgan fingerprint density at radius 2 is 2.11 bits per heavy atom. The van der Waals surface area contributed by atoms with Crippen molar-refractivity contribution in [1.29, 1.82) is 0 Å². The molecule has 7 heteroatoms. The topological polar surface area (TPSA) is 55.6 Å². The molecule has 1 aromatic rings. The maximum absolute atomic E-state index is 10.8. The van der Waals surface area contributed by atoms with E-state index in [2.05, 4.69) is 0 Å². The van der Waals surface area contributed by atoms with Crippen LogP contribution in [0, 0.1) is 13.7 Å². The lowest BCUT2D eigenvalue weighted by molar-refractivity contribution is -0.385. The van der Waals surface area contributed by atoms with Crippen LogP contribution in [0.5, 0.6) is 5.75 Å². The molecular weight excluding hydrogens is 367 g/mol. The Balaban J connectivity index is 2.89. The second-order valence-electron chi connectivity index (χ2n) is 3.41. The fourth-order valence-electron chi connectivity index (χ4n) is 1.34. The molecule has 0 heterocycles. The van der Waals surface area contributed by atoms with E-state index in [1.165, 1.54) is 6.07 Å². The maximum atomic E-state index is 10.8. The molecule has 5 nitrogen and oxygen atoms in total. The third kappa shape index (κ3) is 3.77. The van der Waals surface area contributed by atoms with Crippen LogP contribution in [0.4, 0.5) is 5.69 Å². The Morgan fingerprint density at radius 3 is 2.61 bits per heavy atom. The second-order valence-corrected chi connectivity index (χ2v) is 4.92. The van der Waals surface area contributed by atoms with Gasteiger partial charge in [-0.15, -0.1) is 0 Å². The molecule has 0 aliphatic carbocycles. The minimum Gasteiger partial charge on any atom is -0.432 e. The predicted octanol–water partition coefficient (Wildman–Crippen LogP) is 3.20. The molecule has 0 radical (unpaired) electrons. The Kier molecular flexibility index (Phi) is 5.73. The molecule has 0 aliphatic heterocycles. The van der Waals surface area contributed by atoms with E-state index < -0.39 is 4.92 Å². The van der Waals surface area contributed by atoms with Crippen LogP contribution in [0.15, 0.2) is 18.2 Å². The number of ether oxygens (including phenoxy) is 1. The molecule has 0 bridgehead atoms. The molecule has 0 N–H and O–H groups in total. The monoisotopic (exact) mass is 380 g/mol. The first-order chi connectivity index (χ1) is 8.49. The first-order valence-electron chi connectivity index (χ1n) is 5.40. The lowest BCUT2D eigenvalue weighted by atomic mass is 10.3. The highest BCUT2D eigenvalue weighted by Crippen LogP contribution is 2.26. The van der Waals surface area contributed by atoms with E-state index in [-0.39, 0.29) is 5.69 Å². The van der Waals surface area contributed by atoms with Crippen molar-refractivity contribution in [2.24, 2.45) is 0 Å². The third-order valence-corrected chi connectivity index (χ3v) is 3.59. The van der Waals surface area contributed by atoms with Gasteiger partial charge in [-0.25, -0.2) is 0 Å². The van der Waals surface area contributed by atoms with Crippen LogP contribution < -0.4 is 4.74 Å². The van der Waals surface area contributed by atoms with Gasteiger partial charge in [-0.05, 0) is 60.8 Å². The van der Waals surface area contributed by atoms with Crippen LogP contribution in [0.2, 0.25) is 0 Å². The summed E-state index contributed by atoms with van der Waals surface area (Å²) < 4.78 is 6.02. The number of nitrogens with zero attached hydrogens (tertiary/aromatic N) is 2. The van der Waals surface area contributed by atoms with Gasteiger partial charge in [0.1, 0.15) is 5.75 Å². The fraction of sp³-hybridized carbons (Fsp3) is 0.364. The van der Waals surface area contributed by atoms with E-state index in [4.69, 9.17) is 17.0 Å². The number of benzene rings is 1. The van der Waals surface area contributed by atoms with Crippen molar-refractivity contribution in [3.8, 4) is 5.75 Å². The third-order valence-electron chi connectivity index (χ3n) is 2.34. The van der Waals surface area contributed by atoms with E-state index in [1.54, 1.807) is 12.1 Å². The Labute approximate surface area is 124 Å². The average Bonchev–Trinajstić information content (AvgIpc) is 2.32. The minimum atomic E-state index is -0.435. The summed E-state index contributed by atoms with van der Waals surface area (Å²) in [5.74, 6) is 0.388. The SMILES string of the molecule is CCN(CC)C(=S)Oc1ccc(I)c([N+](=O)[O-])c1. The van der Waals surface area contributed by atoms with E-state index in [0.29, 0.717) is 14.5 Å². The van der Waals surface area contributed by atoms with Crippen LogP contribution in [0.3, 0.4) is 0 Å². The molecule has 0 aliphatic rings. The Morgan fingerprint density at radius 1 is 1.50 bits per heavy atom. The van der Waals surface area contributed by atoms with Crippen molar-refractivity contribution in [3.05, 3.63) is 31.9 Å². The highest BCUT2D eigenvalue weighted by molar-refractivity contribution is 14.1. The summed E-state index contributed by atoms with van der Waals surface area (Å²) in [6.07, 6.45) is 0. The van der Waals surface area contributed by atoms with E-state index in [1.807, 2.05) is 41.3 Å². The number of hydrogen-bond acceptors (Lipinski definition) is 4. The van der Waals surface area contributed by atoms with Crippen molar-refractivity contribution in [3.63, 3.8) is 0 Å². The molecule has 0 saturated heterocycles. The molecule has 0 fully saturated rings. The fourth-order valence-corrected chi connectivity index (χ4v) is 2.23. The number of nitro groups is 1. The summed E-state index contributed by atoms with van der Waals surface area (Å²) in [5.41, 5.74) is 0.0236. The number of thiocarbonyl (C=S) groups is 1. The maximum Gasteiger partial charge on any atom is 0.286 e. The average molecular weight is 380 g/mol. The second kappa shape index (κ2) is 6.83. The molecule has 0 aromatic heterocycles. The summed E-state index contributed by atoms with van der Waals surface area (Å²) >= 11 is 7.04. The van der Waals surface area contributed by atoms with Gasteiger partial charge in [-0.2, -0.15) is 0 Å². The van der Waals surface area contributed by atoms with Gasteiger partial charge in [0.25, 0.3) is 10.9 Å². The number of hydrogen-bond donors (Lipinski definition) is 0. The molecule has 18 heavy (non-hydrogen) atoms. The van der Waals surface area contributed by atoms with Gasteiger partial charge in [-0.1, -0.05) is 0 Å². The molecule has 0 saturated carbocycles. The quantitative estimate of drug-likeness (QED) is 0.348. The molecule has 0 atom stereocenters. The molecule has 0 unspecified atom stereocenters. The molecule has 98 valence electrons. The highest BCUT2D eigenvalue weighted by Gasteiger charge is 2.15. The van der Waals surface area contributed by atoms with E-state index in [0.717, 1.165) is 13.1 Å². The zero-order valence-electron chi connectivity index (χ0n) is 10.1. The number of nitro benzene ring substituents is 1. The van der Waals surface area contributed by atoms with E-state index in [9.17, 15) is 10.1 Å². The van der Waals surface area contributed by atoms with Gasteiger partial charge < -0.3 is 9.64 Å². The molecule has 1 rings (SSSR count). The zero-order chi connectivity index (χ0) is 13.7. The van der Waals surface area contributed by atoms with Gasteiger partial charge >= 0.3 is 0 Å². The number of halogens is 1. The zero-order valence-corrected chi connectivity index (χ0v) is 13.0. The van der Waals surface area contributed by atoms with Crippen molar-refractivity contribution >= 4 is 45.7 Å². The summed E-state index contributed by atoms with van der Waals surface area (Å²) in [6, 6.07) is 4.70. The van der Waals surface area contributed by atoms with Crippen LogP contribution in [-0.4, -0.2) is 28.1 Å². The van der Waals surface area contributed by atoms with Crippen molar-refractivity contribution < 1.29 is 9.66 Å². The Bertz CT molecular complexity index is 464. The first kappa shape index (κ1) is 15.1. The lowest BCUT2D eigenvalue weighted by Crippen LogP contribution is -2.32. The molecule has 0 amide bonds. The smallest absolute Gasteiger partial charge is 0.286 e. The van der Waals surface area contributed by atoms with Crippen LogP contribution in [-0.2, 0) is 0 Å². The highest BCUT2D eigenvalue weighted by atomic mass is 127. The summed E-state index contributed by atoms with van der Waals surface area (Å²) in [5, 5.41) is 11.1. The largest absolute Gasteiger partial charge is 0.432 e. The van der Waals surface area contributed by atoms with Gasteiger partial charge in [0.05, 0.1) is 14.6 Å². The molecule has 0 spiro atoms. The predicted molar refractivity (Wildman–Crippen MR) is 82.0 cm³/mol. The normalized spacial score (nSPS) is 9.94. The standard InChI is InChI=1S/C11H13IN2O3S/c1-3-13(4-2)11(18)17-8-5-6-9(12)10(7-8)14(15)16/h5-7H,3-4H2,1-2H3. The Hall–Kier alpha value is -0.960. The van der Waals surface area contributed by atoms with Gasteiger partial charge in [0, 0.05) is 13.1 Å². The van der Waals surface area contributed by atoms with Crippen molar-refractivity contribution in [2.75, 3.05) is 13.1 Å². The van der Waals surface area contributed by atoms with Gasteiger partial charge in [0.15, 0.2) is 0 Å². The summed E-state index contributed by atoms with van der Waals surface area (Å²) in [6.45, 7) is 5.41. The van der Waals surface area contributed by atoms with Crippen LogP contribution in [0.25, 0.3) is 0 Å².